The van der Waals surface area contributed by atoms with E-state index >= 15 is 0 Å². The number of pyridine rings is 1. The molecule has 0 aliphatic carbocycles. The number of rotatable bonds is 7. The lowest BCUT2D eigenvalue weighted by atomic mass is 10.2. The molecular formula is C43H37N5OSi. The zero-order chi connectivity index (χ0) is 33.8. The van der Waals surface area contributed by atoms with Crippen molar-refractivity contribution in [3.8, 4) is 23.0 Å². The van der Waals surface area contributed by atoms with Gasteiger partial charge in [-0.1, -0.05) is 85.5 Å². The van der Waals surface area contributed by atoms with Crippen molar-refractivity contribution < 1.29 is 4.74 Å². The lowest BCUT2D eigenvalue weighted by Gasteiger charge is -2.22. The molecular weight excluding hydrogens is 631 g/mol. The summed E-state index contributed by atoms with van der Waals surface area (Å²) in [5, 5.41) is 3.70. The molecule has 0 unspecified atom stereocenters. The van der Waals surface area contributed by atoms with E-state index in [0.717, 1.165) is 57.3 Å². The summed E-state index contributed by atoms with van der Waals surface area (Å²) in [6.07, 6.45) is 6.20. The van der Waals surface area contributed by atoms with Gasteiger partial charge in [0.2, 0.25) is 0 Å². The van der Waals surface area contributed by atoms with E-state index in [9.17, 15) is 0 Å². The van der Waals surface area contributed by atoms with Crippen LogP contribution in [0.15, 0.2) is 158 Å². The maximum atomic E-state index is 6.64. The molecule has 50 heavy (non-hydrogen) atoms. The number of anilines is 2. The molecule has 0 saturated heterocycles. The van der Waals surface area contributed by atoms with Crippen molar-refractivity contribution in [3.05, 3.63) is 158 Å². The highest BCUT2D eigenvalue weighted by atomic mass is 28.3. The molecule has 0 amide bonds. The Balaban J connectivity index is 1.18. The number of nitrogens with zero attached hydrogens (tertiary/aromatic N) is 5. The minimum atomic E-state index is -1.61. The van der Waals surface area contributed by atoms with E-state index in [0.29, 0.717) is 0 Å². The summed E-state index contributed by atoms with van der Waals surface area (Å²) in [5.41, 5.74) is 7.89. The number of fused-ring (bicyclic) bond motifs is 5. The fraction of sp³-hybridized carbons (Fsp3) is 0.0930. The fourth-order valence-corrected chi connectivity index (χ4v) is 8.24. The van der Waals surface area contributed by atoms with Crippen molar-refractivity contribution in [2.45, 2.75) is 19.6 Å². The van der Waals surface area contributed by atoms with Crippen LogP contribution < -0.4 is 19.7 Å². The number of hydrogen-bond donors (Lipinski definition) is 0. The van der Waals surface area contributed by atoms with Crippen LogP contribution in [0.25, 0.3) is 44.3 Å². The first-order valence-electron chi connectivity index (χ1n) is 17.1. The van der Waals surface area contributed by atoms with Gasteiger partial charge in [0.05, 0.1) is 36.8 Å². The smallest absolute Gasteiger partial charge is 0.137 e. The summed E-state index contributed by atoms with van der Waals surface area (Å²) in [6.45, 7) is 7.89. The molecule has 0 radical (unpaired) electrons. The van der Waals surface area contributed by atoms with E-state index in [1.165, 1.54) is 21.8 Å². The molecule has 3 aromatic heterocycles. The summed E-state index contributed by atoms with van der Waals surface area (Å²) < 4.78 is 11.4. The van der Waals surface area contributed by atoms with Crippen LogP contribution in [0.1, 0.15) is 0 Å². The van der Waals surface area contributed by atoms with Gasteiger partial charge in [-0.3, -0.25) is 4.57 Å². The second kappa shape index (κ2) is 11.8. The normalized spacial score (nSPS) is 13.3. The van der Waals surface area contributed by atoms with Gasteiger partial charge in [0.1, 0.15) is 17.3 Å². The standard InChI is InChI=1S/C43H37N5OSi/c1-50(2,3)36-23-24-44-41(29-36)48-40-28-35(49-34-18-12-17-33(27-34)46-26-25-45(30-46)31-13-6-4-7-14-31)21-22-38(40)42-43(48)37-19-10-11-20-39(37)47(42)32-15-8-5-9-16-32/h4-29H,30H2,1-3H3. The quantitative estimate of drug-likeness (QED) is 0.159. The van der Waals surface area contributed by atoms with Crippen molar-refractivity contribution in [2.24, 2.45) is 0 Å². The van der Waals surface area contributed by atoms with E-state index in [4.69, 9.17) is 9.72 Å². The lowest BCUT2D eigenvalue weighted by molar-refractivity contribution is 0.483. The molecule has 6 nitrogen and oxygen atoms in total. The third-order valence-electron chi connectivity index (χ3n) is 9.60. The maximum absolute atomic E-state index is 6.64. The summed E-state index contributed by atoms with van der Waals surface area (Å²) in [5.74, 6) is 2.48. The molecule has 0 saturated carbocycles. The monoisotopic (exact) mass is 667 g/mol. The van der Waals surface area contributed by atoms with Gasteiger partial charge in [0.15, 0.2) is 0 Å². The summed E-state index contributed by atoms with van der Waals surface area (Å²) in [4.78, 5) is 9.46. The molecule has 8 aromatic rings. The third kappa shape index (κ3) is 5.14. The minimum absolute atomic E-state index is 0.737. The van der Waals surface area contributed by atoms with E-state index in [-0.39, 0.29) is 0 Å². The first kappa shape index (κ1) is 30.0. The largest absolute Gasteiger partial charge is 0.457 e. The number of para-hydroxylation sites is 3. The Morgan fingerprint density at radius 1 is 0.540 bits per heavy atom. The van der Waals surface area contributed by atoms with Gasteiger partial charge in [-0.25, -0.2) is 4.98 Å². The fourth-order valence-electron chi connectivity index (χ4n) is 7.10. The molecule has 1 aliphatic heterocycles. The summed E-state index contributed by atoms with van der Waals surface area (Å²) in [6, 6.07) is 49.0. The Kier molecular flexibility index (Phi) is 7.10. The molecule has 5 aromatic carbocycles. The molecule has 7 heteroatoms. The topological polar surface area (TPSA) is 38.5 Å². The SMILES string of the molecule is C[Si](C)(C)c1ccnc(-n2c3cc(Oc4cccc(N5C=CN(c6ccccc6)C5)c4)ccc3c3c2c2ccccc2n3-c2ccccc2)c1. The van der Waals surface area contributed by atoms with E-state index in [1.807, 2.05) is 18.3 Å². The molecule has 0 spiro atoms. The van der Waals surface area contributed by atoms with Crippen molar-refractivity contribution in [1.82, 2.24) is 14.1 Å². The molecule has 0 fully saturated rings. The highest BCUT2D eigenvalue weighted by Crippen LogP contribution is 2.42. The van der Waals surface area contributed by atoms with Crippen LogP contribution in [0.4, 0.5) is 11.4 Å². The predicted molar refractivity (Wildman–Crippen MR) is 210 cm³/mol. The van der Waals surface area contributed by atoms with Crippen molar-refractivity contribution in [2.75, 3.05) is 16.5 Å². The maximum Gasteiger partial charge on any atom is 0.137 e. The Labute approximate surface area is 292 Å². The molecule has 244 valence electrons. The van der Waals surface area contributed by atoms with Crippen molar-refractivity contribution in [1.29, 1.82) is 0 Å². The highest BCUT2D eigenvalue weighted by molar-refractivity contribution is 6.88. The van der Waals surface area contributed by atoms with Crippen LogP contribution >= 0.6 is 0 Å². The number of ether oxygens (including phenoxy) is 1. The average Bonchev–Trinajstić information content (AvgIpc) is 3.85. The second-order valence-electron chi connectivity index (χ2n) is 13.9. The van der Waals surface area contributed by atoms with Crippen LogP contribution in [0, 0.1) is 0 Å². The molecule has 0 atom stereocenters. The lowest BCUT2D eigenvalue weighted by Crippen LogP contribution is -2.37. The Morgan fingerprint density at radius 2 is 1.18 bits per heavy atom. The molecule has 1 aliphatic rings. The van der Waals surface area contributed by atoms with Gasteiger partial charge >= 0.3 is 0 Å². The van der Waals surface area contributed by atoms with Gasteiger partial charge in [-0.2, -0.15) is 0 Å². The van der Waals surface area contributed by atoms with Gasteiger partial charge < -0.3 is 19.1 Å². The molecule has 0 bridgehead atoms. The summed E-state index contributed by atoms with van der Waals surface area (Å²) in [7, 11) is -1.61. The average molecular weight is 668 g/mol. The van der Waals surface area contributed by atoms with Gasteiger partial charge in [-0.15, -0.1) is 0 Å². The van der Waals surface area contributed by atoms with E-state index in [1.54, 1.807) is 0 Å². The zero-order valence-electron chi connectivity index (χ0n) is 28.4. The number of hydrogen-bond acceptors (Lipinski definition) is 4. The van der Waals surface area contributed by atoms with Gasteiger partial charge in [0, 0.05) is 58.6 Å². The Morgan fingerprint density at radius 3 is 1.96 bits per heavy atom. The van der Waals surface area contributed by atoms with E-state index < -0.39 is 8.07 Å². The first-order valence-corrected chi connectivity index (χ1v) is 20.6. The zero-order valence-corrected chi connectivity index (χ0v) is 29.4. The van der Waals surface area contributed by atoms with Crippen molar-refractivity contribution in [3.63, 3.8) is 0 Å². The third-order valence-corrected chi connectivity index (χ3v) is 11.6. The molecule has 0 N–H and O–H groups in total. The van der Waals surface area contributed by atoms with E-state index in [2.05, 4.69) is 178 Å². The van der Waals surface area contributed by atoms with Crippen LogP contribution in [0.5, 0.6) is 11.5 Å². The Bertz CT molecular complexity index is 2550. The number of benzene rings is 5. The van der Waals surface area contributed by atoms with Gasteiger partial charge in [0.25, 0.3) is 0 Å². The van der Waals surface area contributed by atoms with Gasteiger partial charge in [-0.05, 0) is 66.7 Å². The number of aromatic nitrogens is 3. The molecule has 4 heterocycles. The minimum Gasteiger partial charge on any atom is -0.457 e. The summed E-state index contributed by atoms with van der Waals surface area (Å²) >= 11 is 0. The van der Waals surface area contributed by atoms with Crippen LogP contribution in [0.2, 0.25) is 19.6 Å². The van der Waals surface area contributed by atoms with Crippen LogP contribution in [0.3, 0.4) is 0 Å². The van der Waals surface area contributed by atoms with Crippen LogP contribution in [-0.4, -0.2) is 28.9 Å². The first-order chi connectivity index (χ1) is 24.4. The molecule has 9 rings (SSSR count). The second-order valence-corrected chi connectivity index (χ2v) is 18.9. The predicted octanol–water partition coefficient (Wildman–Crippen LogP) is 10.2. The Hall–Kier alpha value is -6.05. The van der Waals surface area contributed by atoms with Crippen LogP contribution in [-0.2, 0) is 0 Å². The highest BCUT2D eigenvalue weighted by Gasteiger charge is 2.24. The van der Waals surface area contributed by atoms with Crippen molar-refractivity contribution >= 4 is 57.5 Å².